The van der Waals surface area contributed by atoms with Crippen molar-refractivity contribution in [3.63, 3.8) is 0 Å². The summed E-state index contributed by atoms with van der Waals surface area (Å²) in [6.45, 7) is 6.07. The molecule has 1 unspecified atom stereocenters. The lowest BCUT2D eigenvalue weighted by atomic mass is 9.98. The Kier molecular flexibility index (Phi) is 2.44. The lowest BCUT2D eigenvalue weighted by molar-refractivity contribution is 0.138. The Bertz CT molecular complexity index is 399. The zero-order valence-electron chi connectivity index (χ0n) is 9.30. The van der Waals surface area contributed by atoms with Crippen molar-refractivity contribution >= 4 is 11.6 Å². The number of fused-ring (bicyclic) bond motifs is 1. The van der Waals surface area contributed by atoms with Gasteiger partial charge in [-0.25, -0.2) is 0 Å². The fourth-order valence-corrected chi connectivity index (χ4v) is 2.39. The van der Waals surface area contributed by atoms with Crippen molar-refractivity contribution in [2.75, 3.05) is 0 Å². The molecule has 2 N–H and O–H groups in total. The van der Waals surface area contributed by atoms with Gasteiger partial charge in [-0.2, -0.15) is 0 Å². The van der Waals surface area contributed by atoms with Crippen molar-refractivity contribution in [1.82, 2.24) is 0 Å². The van der Waals surface area contributed by atoms with E-state index in [1.165, 1.54) is 0 Å². The second-order valence-electron chi connectivity index (χ2n) is 4.77. The van der Waals surface area contributed by atoms with Gasteiger partial charge in [-0.15, -0.1) is 0 Å². The first-order valence-corrected chi connectivity index (χ1v) is 5.54. The van der Waals surface area contributed by atoms with Crippen LogP contribution in [0.25, 0.3) is 0 Å². The normalized spacial score (nSPS) is 19.5. The van der Waals surface area contributed by atoms with Crippen LogP contribution in [0.3, 0.4) is 0 Å². The Balaban J connectivity index is 2.49. The molecule has 0 aromatic heterocycles. The number of ether oxygens (including phenoxy) is 1. The summed E-state index contributed by atoms with van der Waals surface area (Å²) in [6, 6.07) is 3.88. The largest absolute Gasteiger partial charge is 0.487 e. The van der Waals surface area contributed by atoms with Gasteiger partial charge in [0, 0.05) is 18.0 Å². The highest BCUT2D eigenvalue weighted by Crippen LogP contribution is 2.41. The molecule has 1 aliphatic rings. The van der Waals surface area contributed by atoms with E-state index in [1.54, 1.807) is 0 Å². The predicted octanol–water partition coefficient (Wildman–Crippen LogP) is 3.07. The Morgan fingerprint density at radius 2 is 2.13 bits per heavy atom. The summed E-state index contributed by atoms with van der Waals surface area (Å²) < 4.78 is 5.78. The summed E-state index contributed by atoms with van der Waals surface area (Å²) in [6.07, 6.45) is 0.849. The molecule has 0 saturated carbocycles. The van der Waals surface area contributed by atoms with Crippen molar-refractivity contribution in [2.45, 2.75) is 38.8 Å². The lowest BCUT2D eigenvalue weighted by Crippen LogP contribution is -2.24. The minimum Gasteiger partial charge on any atom is -0.487 e. The zero-order chi connectivity index (χ0) is 11.2. The van der Waals surface area contributed by atoms with Crippen LogP contribution >= 0.6 is 11.6 Å². The summed E-state index contributed by atoms with van der Waals surface area (Å²) >= 11 is 6.32. The standard InChI is InChI=1S/C12H16ClNO/c1-7(14)8-4-5-10-9(11(8)13)6-12(2,3)15-10/h4-5,7H,6,14H2,1-3H3. The molecule has 0 radical (unpaired) electrons. The van der Waals surface area contributed by atoms with E-state index in [0.29, 0.717) is 0 Å². The van der Waals surface area contributed by atoms with Crippen LogP contribution < -0.4 is 10.5 Å². The van der Waals surface area contributed by atoms with E-state index in [2.05, 4.69) is 13.8 Å². The number of rotatable bonds is 1. The molecular formula is C12H16ClNO. The van der Waals surface area contributed by atoms with Gasteiger partial charge >= 0.3 is 0 Å². The SMILES string of the molecule is CC(N)c1ccc2c(c1Cl)CC(C)(C)O2. The molecule has 1 aliphatic heterocycles. The second-order valence-corrected chi connectivity index (χ2v) is 5.15. The number of halogens is 1. The monoisotopic (exact) mass is 225 g/mol. The highest BCUT2D eigenvalue weighted by Gasteiger charge is 2.32. The van der Waals surface area contributed by atoms with Gasteiger partial charge in [0.1, 0.15) is 11.4 Å². The van der Waals surface area contributed by atoms with Gasteiger partial charge in [-0.05, 0) is 32.4 Å². The number of hydrogen-bond acceptors (Lipinski definition) is 2. The molecule has 3 heteroatoms. The maximum Gasteiger partial charge on any atom is 0.124 e. The topological polar surface area (TPSA) is 35.2 Å². The van der Waals surface area contributed by atoms with Gasteiger partial charge in [0.05, 0.1) is 5.02 Å². The van der Waals surface area contributed by atoms with Crippen LogP contribution in [0.4, 0.5) is 0 Å². The molecule has 0 fully saturated rings. The highest BCUT2D eigenvalue weighted by molar-refractivity contribution is 6.32. The average Bonchev–Trinajstić information content (AvgIpc) is 2.40. The molecule has 0 aliphatic carbocycles. The third-order valence-corrected chi connectivity index (χ3v) is 3.16. The van der Waals surface area contributed by atoms with Gasteiger partial charge in [-0.1, -0.05) is 17.7 Å². The smallest absolute Gasteiger partial charge is 0.124 e. The molecule has 0 amide bonds. The Hall–Kier alpha value is -0.730. The molecule has 1 aromatic rings. The van der Waals surface area contributed by atoms with Gasteiger partial charge < -0.3 is 10.5 Å². The Morgan fingerprint density at radius 1 is 1.47 bits per heavy atom. The summed E-state index contributed by atoms with van der Waals surface area (Å²) in [7, 11) is 0. The van der Waals surface area contributed by atoms with Crippen LogP contribution in [0.15, 0.2) is 12.1 Å². The van der Waals surface area contributed by atoms with Crippen molar-refractivity contribution in [2.24, 2.45) is 5.73 Å². The molecule has 2 nitrogen and oxygen atoms in total. The maximum atomic E-state index is 6.32. The first kappa shape index (κ1) is 10.8. The minimum atomic E-state index is -0.150. The van der Waals surface area contributed by atoms with E-state index < -0.39 is 0 Å². The van der Waals surface area contributed by atoms with E-state index in [9.17, 15) is 0 Å². The van der Waals surface area contributed by atoms with Crippen LogP contribution in [0.5, 0.6) is 5.75 Å². The van der Waals surface area contributed by atoms with Gasteiger partial charge in [-0.3, -0.25) is 0 Å². The van der Waals surface area contributed by atoms with E-state index >= 15 is 0 Å². The fourth-order valence-electron chi connectivity index (χ4n) is 1.99. The molecular weight excluding hydrogens is 210 g/mol. The first-order valence-electron chi connectivity index (χ1n) is 5.16. The average molecular weight is 226 g/mol. The van der Waals surface area contributed by atoms with Crippen LogP contribution in [0.2, 0.25) is 5.02 Å². The van der Waals surface area contributed by atoms with Crippen LogP contribution in [0.1, 0.15) is 37.9 Å². The summed E-state index contributed by atoms with van der Waals surface area (Å²) in [4.78, 5) is 0. The Labute approximate surface area is 95.4 Å². The fraction of sp³-hybridized carbons (Fsp3) is 0.500. The van der Waals surface area contributed by atoms with E-state index in [1.807, 2.05) is 19.1 Å². The van der Waals surface area contributed by atoms with Gasteiger partial charge in [0.25, 0.3) is 0 Å². The molecule has 2 rings (SSSR count). The van der Waals surface area contributed by atoms with Crippen molar-refractivity contribution in [1.29, 1.82) is 0 Å². The molecule has 1 atom stereocenters. The molecule has 0 spiro atoms. The van der Waals surface area contributed by atoms with Crippen LogP contribution in [0, 0.1) is 0 Å². The molecule has 82 valence electrons. The van der Waals surface area contributed by atoms with Crippen molar-refractivity contribution in [3.8, 4) is 5.75 Å². The lowest BCUT2D eigenvalue weighted by Gasteiger charge is -2.16. The molecule has 1 aromatic carbocycles. The molecule has 15 heavy (non-hydrogen) atoms. The number of benzene rings is 1. The number of nitrogens with two attached hydrogens (primary N) is 1. The minimum absolute atomic E-state index is 0.0356. The van der Waals surface area contributed by atoms with Crippen LogP contribution in [-0.2, 0) is 6.42 Å². The van der Waals surface area contributed by atoms with E-state index in [-0.39, 0.29) is 11.6 Å². The quantitative estimate of drug-likeness (QED) is 0.797. The third kappa shape index (κ3) is 1.84. The van der Waals surface area contributed by atoms with E-state index in [0.717, 1.165) is 28.3 Å². The van der Waals surface area contributed by atoms with E-state index in [4.69, 9.17) is 22.1 Å². The van der Waals surface area contributed by atoms with Crippen molar-refractivity contribution < 1.29 is 4.74 Å². The molecule has 0 bridgehead atoms. The summed E-state index contributed by atoms with van der Waals surface area (Å²) in [5, 5.41) is 0.771. The summed E-state index contributed by atoms with van der Waals surface area (Å²) in [5.74, 6) is 0.898. The molecule has 1 heterocycles. The molecule has 0 saturated heterocycles. The second kappa shape index (κ2) is 3.39. The number of hydrogen-bond donors (Lipinski definition) is 1. The van der Waals surface area contributed by atoms with Gasteiger partial charge in [0.2, 0.25) is 0 Å². The van der Waals surface area contributed by atoms with Crippen LogP contribution in [-0.4, -0.2) is 5.60 Å². The summed E-state index contributed by atoms with van der Waals surface area (Å²) in [5.41, 5.74) is 7.79. The predicted molar refractivity (Wildman–Crippen MR) is 62.5 cm³/mol. The highest BCUT2D eigenvalue weighted by atomic mass is 35.5. The van der Waals surface area contributed by atoms with Gasteiger partial charge in [0.15, 0.2) is 0 Å². The zero-order valence-corrected chi connectivity index (χ0v) is 10.1. The van der Waals surface area contributed by atoms with Crippen molar-refractivity contribution in [3.05, 3.63) is 28.3 Å². The maximum absolute atomic E-state index is 6.32. The first-order chi connectivity index (χ1) is 6.91. The Morgan fingerprint density at radius 3 is 2.73 bits per heavy atom. The third-order valence-electron chi connectivity index (χ3n) is 2.71.